The monoisotopic (exact) mass is 357 g/mol. The predicted molar refractivity (Wildman–Crippen MR) is 88.1 cm³/mol. The summed E-state index contributed by atoms with van der Waals surface area (Å²) in [6, 6.07) is 12.7. The Bertz CT molecular complexity index is 783. The Labute approximate surface area is 135 Å². The van der Waals surface area contributed by atoms with Crippen LogP contribution in [0.15, 0.2) is 53.0 Å². The highest BCUT2D eigenvalue weighted by Gasteiger charge is 2.17. The van der Waals surface area contributed by atoms with Gasteiger partial charge in [-0.05, 0) is 42.0 Å². The molecule has 1 heterocycles. The van der Waals surface area contributed by atoms with Gasteiger partial charge in [0.25, 0.3) is 5.91 Å². The zero-order valence-electron chi connectivity index (χ0n) is 11.5. The molecule has 110 valence electrons. The molecule has 0 atom stereocenters. The number of carbonyl (C=O) groups is 2. The van der Waals surface area contributed by atoms with Crippen LogP contribution in [0.5, 0.6) is 5.75 Å². The third kappa shape index (κ3) is 3.26. The molecule has 0 aliphatic carbocycles. The Kier molecular flexibility index (Phi) is 4.06. The number of allylic oxidation sites excluding steroid dienone is 1. The maximum atomic E-state index is 12.2. The number of fused-ring (bicyclic) bond motifs is 1. The van der Waals surface area contributed by atoms with Crippen molar-refractivity contribution in [2.75, 3.05) is 11.9 Å². The van der Waals surface area contributed by atoms with Crippen molar-refractivity contribution < 1.29 is 14.3 Å². The van der Waals surface area contributed by atoms with Gasteiger partial charge in [-0.2, -0.15) is 0 Å². The molecule has 0 unspecified atom stereocenters. The van der Waals surface area contributed by atoms with E-state index in [4.69, 9.17) is 4.74 Å². The van der Waals surface area contributed by atoms with E-state index in [0.29, 0.717) is 17.0 Å². The fourth-order valence-corrected chi connectivity index (χ4v) is 2.53. The van der Waals surface area contributed by atoms with Crippen molar-refractivity contribution in [3.8, 4) is 5.75 Å². The molecule has 0 spiro atoms. The molecule has 1 N–H and O–H groups in total. The average molecular weight is 358 g/mol. The molecular weight excluding hydrogens is 346 g/mol. The normalized spacial score (nSPS) is 13.4. The molecule has 0 fully saturated rings. The quantitative estimate of drug-likeness (QED) is 0.673. The van der Waals surface area contributed by atoms with Gasteiger partial charge in [0.2, 0.25) is 0 Å². The molecule has 2 aromatic carbocycles. The van der Waals surface area contributed by atoms with E-state index in [1.165, 1.54) is 6.08 Å². The van der Waals surface area contributed by atoms with Crippen LogP contribution in [0.4, 0.5) is 5.69 Å². The molecule has 0 bridgehead atoms. The van der Waals surface area contributed by atoms with Crippen molar-refractivity contribution in [3.05, 3.63) is 64.1 Å². The summed E-state index contributed by atoms with van der Waals surface area (Å²) in [6.07, 6.45) is 3.26. The Morgan fingerprint density at radius 2 is 2.09 bits per heavy atom. The number of ether oxygens (including phenoxy) is 1. The van der Waals surface area contributed by atoms with Gasteiger partial charge in [0.05, 0.1) is 5.69 Å². The van der Waals surface area contributed by atoms with E-state index in [1.54, 1.807) is 24.3 Å². The smallest absolute Gasteiger partial charge is 0.262 e. The van der Waals surface area contributed by atoms with E-state index in [9.17, 15) is 9.59 Å². The number of carbonyl (C=O) groups excluding carboxylic acids is 2. The molecule has 1 aliphatic rings. The predicted octanol–water partition coefficient (Wildman–Crippen LogP) is 3.68. The number of hydrogen-bond acceptors (Lipinski definition) is 3. The molecule has 1 amide bonds. The molecule has 0 saturated carbocycles. The first-order valence-corrected chi connectivity index (χ1v) is 7.46. The van der Waals surface area contributed by atoms with E-state index in [0.717, 1.165) is 10.0 Å². The van der Waals surface area contributed by atoms with Gasteiger partial charge in [0, 0.05) is 10.0 Å². The zero-order valence-corrected chi connectivity index (χ0v) is 13.1. The summed E-state index contributed by atoms with van der Waals surface area (Å²) in [5, 5.41) is 2.69. The van der Waals surface area contributed by atoms with Gasteiger partial charge in [0.15, 0.2) is 12.4 Å². The maximum absolute atomic E-state index is 12.2. The highest BCUT2D eigenvalue weighted by Crippen LogP contribution is 2.28. The van der Waals surface area contributed by atoms with E-state index in [2.05, 4.69) is 21.2 Å². The Balaban J connectivity index is 1.80. The van der Waals surface area contributed by atoms with Crippen LogP contribution >= 0.6 is 15.9 Å². The lowest BCUT2D eigenvalue weighted by Gasteiger charge is -2.17. The van der Waals surface area contributed by atoms with Gasteiger partial charge in [0.1, 0.15) is 5.75 Å². The largest absolute Gasteiger partial charge is 0.482 e. The molecule has 22 heavy (non-hydrogen) atoms. The Morgan fingerprint density at radius 3 is 2.91 bits per heavy atom. The van der Waals surface area contributed by atoms with Gasteiger partial charge >= 0.3 is 0 Å². The van der Waals surface area contributed by atoms with Crippen molar-refractivity contribution in [2.45, 2.75) is 0 Å². The van der Waals surface area contributed by atoms with Crippen molar-refractivity contribution >= 4 is 39.4 Å². The van der Waals surface area contributed by atoms with Crippen LogP contribution in [0.3, 0.4) is 0 Å². The van der Waals surface area contributed by atoms with Crippen LogP contribution < -0.4 is 10.1 Å². The fourth-order valence-electron chi connectivity index (χ4n) is 2.11. The summed E-state index contributed by atoms with van der Waals surface area (Å²) in [5.41, 5.74) is 1.95. The first-order valence-electron chi connectivity index (χ1n) is 6.66. The van der Waals surface area contributed by atoms with Crippen molar-refractivity contribution in [3.63, 3.8) is 0 Å². The lowest BCUT2D eigenvalue weighted by atomic mass is 10.1. The summed E-state index contributed by atoms with van der Waals surface area (Å²) < 4.78 is 6.22. The van der Waals surface area contributed by atoms with Crippen molar-refractivity contribution in [1.82, 2.24) is 0 Å². The molecule has 0 aromatic heterocycles. The number of anilines is 1. The summed E-state index contributed by atoms with van der Waals surface area (Å²) in [7, 11) is 0. The lowest BCUT2D eigenvalue weighted by Crippen LogP contribution is -2.25. The summed E-state index contributed by atoms with van der Waals surface area (Å²) in [4.78, 5) is 23.5. The minimum Gasteiger partial charge on any atom is -0.482 e. The van der Waals surface area contributed by atoms with E-state index in [-0.39, 0.29) is 18.3 Å². The van der Waals surface area contributed by atoms with Crippen LogP contribution in [0, 0.1) is 0 Å². The molecule has 0 radical (unpaired) electrons. The molecule has 5 heteroatoms. The van der Waals surface area contributed by atoms with Crippen LogP contribution in [0.25, 0.3) is 6.08 Å². The van der Waals surface area contributed by atoms with Gasteiger partial charge in [-0.25, -0.2) is 0 Å². The number of nitrogens with one attached hydrogen (secondary N) is 1. The SMILES string of the molecule is O=C1COc2ccc(C(=O)/C=C/c3cccc(Br)c3)cc2N1. The van der Waals surface area contributed by atoms with E-state index >= 15 is 0 Å². The summed E-state index contributed by atoms with van der Waals surface area (Å²) >= 11 is 3.39. The zero-order chi connectivity index (χ0) is 15.5. The third-order valence-corrected chi connectivity index (χ3v) is 3.67. The highest BCUT2D eigenvalue weighted by molar-refractivity contribution is 9.10. The minimum atomic E-state index is -0.221. The second-order valence-electron chi connectivity index (χ2n) is 4.80. The third-order valence-electron chi connectivity index (χ3n) is 3.17. The van der Waals surface area contributed by atoms with Gasteiger partial charge in [-0.3, -0.25) is 9.59 Å². The first-order chi connectivity index (χ1) is 10.6. The van der Waals surface area contributed by atoms with Crippen LogP contribution in [0.2, 0.25) is 0 Å². The molecule has 0 saturated heterocycles. The molecule has 3 rings (SSSR count). The van der Waals surface area contributed by atoms with Crippen LogP contribution in [-0.2, 0) is 4.79 Å². The molecule has 1 aliphatic heterocycles. The number of amides is 1. The first kappa shape index (κ1) is 14.5. The van der Waals surface area contributed by atoms with Crippen molar-refractivity contribution in [1.29, 1.82) is 0 Å². The van der Waals surface area contributed by atoms with Crippen molar-refractivity contribution in [2.24, 2.45) is 0 Å². The van der Waals surface area contributed by atoms with E-state index < -0.39 is 0 Å². The van der Waals surface area contributed by atoms with Crippen LogP contribution in [-0.4, -0.2) is 18.3 Å². The summed E-state index contributed by atoms with van der Waals surface area (Å²) in [6.45, 7) is 0.00306. The maximum Gasteiger partial charge on any atom is 0.262 e. The second-order valence-corrected chi connectivity index (χ2v) is 5.72. The molecular formula is C17H12BrNO3. The second kappa shape index (κ2) is 6.15. The van der Waals surface area contributed by atoms with Gasteiger partial charge in [-0.15, -0.1) is 0 Å². The van der Waals surface area contributed by atoms with E-state index in [1.807, 2.05) is 24.3 Å². The van der Waals surface area contributed by atoms with Gasteiger partial charge < -0.3 is 10.1 Å². The molecule has 2 aromatic rings. The number of ketones is 1. The lowest BCUT2D eigenvalue weighted by molar-refractivity contribution is -0.118. The summed E-state index contributed by atoms with van der Waals surface area (Å²) in [5.74, 6) is 0.219. The Morgan fingerprint density at radius 1 is 1.23 bits per heavy atom. The topological polar surface area (TPSA) is 55.4 Å². The number of rotatable bonds is 3. The highest BCUT2D eigenvalue weighted by atomic mass is 79.9. The number of benzene rings is 2. The van der Waals surface area contributed by atoms with Gasteiger partial charge in [-0.1, -0.05) is 34.1 Å². The Hall–Kier alpha value is -2.40. The fraction of sp³-hybridized carbons (Fsp3) is 0.0588. The minimum absolute atomic E-state index is 0.00306. The molecule has 4 nitrogen and oxygen atoms in total. The van der Waals surface area contributed by atoms with Crippen LogP contribution in [0.1, 0.15) is 15.9 Å². The average Bonchev–Trinajstić information content (AvgIpc) is 2.52. The number of hydrogen-bond donors (Lipinski definition) is 1. The number of halogens is 1. The standard InChI is InChI=1S/C17H12BrNO3/c18-13-3-1-2-11(8-13)4-6-15(20)12-5-7-16-14(9-12)19-17(21)10-22-16/h1-9H,10H2,(H,19,21)/b6-4+.